The zero-order chi connectivity index (χ0) is 20.9. The Labute approximate surface area is 174 Å². The van der Waals surface area contributed by atoms with E-state index in [1.807, 2.05) is 18.2 Å². The zero-order valence-electron chi connectivity index (χ0n) is 17.3. The fraction of sp³-hybridized carbons (Fsp3) is 0.240. The zero-order valence-corrected chi connectivity index (χ0v) is 18.3. The molecule has 150 valence electrons. The summed E-state index contributed by atoms with van der Waals surface area (Å²) in [6, 6.07) is 28.2. The van der Waals surface area contributed by atoms with Crippen molar-refractivity contribution >= 4 is 24.7 Å². The van der Waals surface area contributed by atoms with Gasteiger partial charge in [0.15, 0.2) is 0 Å². The third-order valence-electron chi connectivity index (χ3n) is 5.30. The molecule has 0 saturated carbocycles. The van der Waals surface area contributed by atoms with Gasteiger partial charge in [0.05, 0.1) is 5.56 Å². The van der Waals surface area contributed by atoms with Gasteiger partial charge in [0.2, 0.25) is 0 Å². The van der Waals surface area contributed by atoms with Crippen molar-refractivity contribution < 1.29 is 14.3 Å². The highest BCUT2D eigenvalue weighted by Crippen LogP contribution is 2.36. The maximum absolute atomic E-state index is 11.3. The maximum atomic E-state index is 11.3. The van der Waals surface area contributed by atoms with E-state index >= 15 is 0 Å². The molecule has 0 fully saturated rings. The second-order valence-electron chi connectivity index (χ2n) is 8.27. The molecule has 29 heavy (non-hydrogen) atoms. The number of carboxylic acids is 1. The molecule has 0 heterocycles. The van der Waals surface area contributed by atoms with Crippen molar-refractivity contribution in [2.24, 2.45) is 0 Å². The molecule has 1 N–H and O–H groups in total. The number of carboxylic acid groups (broad SMARTS) is 1. The monoisotopic (exact) mass is 404 g/mol. The lowest BCUT2D eigenvalue weighted by Crippen LogP contribution is -2.66. The molecule has 0 aliphatic carbocycles. The summed E-state index contributed by atoms with van der Waals surface area (Å²) in [5.74, 6) is -0.903. The Kier molecular flexibility index (Phi) is 6.35. The number of hydrogen-bond donors (Lipinski definition) is 1. The van der Waals surface area contributed by atoms with Gasteiger partial charge in [-0.15, -0.1) is 0 Å². The van der Waals surface area contributed by atoms with Crippen LogP contribution in [-0.2, 0) is 10.8 Å². The molecule has 0 aliphatic rings. The van der Waals surface area contributed by atoms with E-state index in [1.54, 1.807) is 18.2 Å². The van der Waals surface area contributed by atoms with Crippen molar-refractivity contribution in [2.45, 2.75) is 32.2 Å². The van der Waals surface area contributed by atoms with E-state index < -0.39 is 14.3 Å². The normalized spacial score (nSPS) is 12.0. The van der Waals surface area contributed by atoms with Crippen LogP contribution in [0.4, 0.5) is 0 Å². The van der Waals surface area contributed by atoms with Crippen LogP contribution >= 0.6 is 0 Å². The molecule has 0 radical (unpaired) electrons. The molecule has 0 aromatic heterocycles. The summed E-state index contributed by atoms with van der Waals surface area (Å²) in [6.07, 6.45) is 0.672. The molecule has 0 saturated heterocycles. The van der Waals surface area contributed by atoms with Crippen LogP contribution in [0.25, 0.3) is 0 Å². The van der Waals surface area contributed by atoms with Crippen LogP contribution in [0.3, 0.4) is 0 Å². The van der Waals surface area contributed by atoms with Gasteiger partial charge in [-0.25, -0.2) is 4.79 Å². The first kappa shape index (κ1) is 21.0. The third-order valence-corrected chi connectivity index (χ3v) is 10.3. The standard InChI is InChI=1S/C25H28O3Si/c1-25(2,3)29(22-13-6-4-7-14-22,23-15-8-5-9-16-23)28-18-17-20-11-10-12-21(19-20)24(26)27/h4-16,19H,17-18H2,1-3H3,(H,26,27). The Balaban J connectivity index is 1.96. The number of carbonyl (C=O) groups is 1. The molecule has 4 heteroatoms. The van der Waals surface area contributed by atoms with Crippen molar-refractivity contribution in [2.75, 3.05) is 6.61 Å². The highest BCUT2D eigenvalue weighted by Gasteiger charge is 2.49. The number of rotatable bonds is 7. The molecule has 0 amide bonds. The predicted molar refractivity (Wildman–Crippen MR) is 121 cm³/mol. The maximum Gasteiger partial charge on any atom is 0.335 e. The fourth-order valence-electron chi connectivity index (χ4n) is 3.94. The third kappa shape index (κ3) is 4.49. The molecular formula is C25H28O3Si. The number of benzene rings is 3. The minimum atomic E-state index is -2.55. The van der Waals surface area contributed by atoms with Crippen LogP contribution in [0, 0.1) is 0 Å². The summed E-state index contributed by atoms with van der Waals surface area (Å²) >= 11 is 0. The summed E-state index contributed by atoms with van der Waals surface area (Å²) in [4.78, 5) is 11.3. The quantitative estimate of drug-likeness (QED) is 0.590. The van der Waals surface area contributed by atoms with E-state index in [0.717, 1.165) is 5.56 Å². The second-order valence-corrected chi connectivity index (χ2v) is 12.6. The molecular weight excluding hydrogens is 376 g/mol. The van der Waals surface area contributed by atoms with Gasteiger partial charge < -0.3 is 9.53 Å². The van der Waals surface area contributed by atoms with Gasteiger partial charge >= 0.3 is 5.97 Å². The van der Waals surface area contributed by atoms with Gasteiger partial charge in [0.1, 0.15) is 0 Å². The first-order valence-corrected chi connectivity index (χ1v) is 11.8. The van der Waals surface area contributed by atoms with E-state index in [4.69, 9.17) is 4.43 Å². The molecule has 3 aromatic carbocycles. The van der Waals surface area contributed by atoms with Crippen LogP contribution in [0.1, 0.15) is 36.7 Å². The summed E-state index contributed by atoms with van der Waals surface area (Å²) in [5.41, 5.74) is 1.29. The summed E-state index contributed by atoms with van der Waals surface area (Å²) < 4.78 is 6.86. The predicted octanol–water partition coefficient (Wildman–Crippen LogP) is 4.50. The molecule has 3 rings (SSSR count). The lowest BCUT2D eigenvalue weighted by molar-refractivity contribution is 0.0696. The van der Waals surface area contributed by atoms with Crippen molar-refractivity contribution in [3.05, 3.63) is 96.1 Å². The first-order chi connectivity index (χ1) is 13.8. The largest absolute Gasteiger partial charge is 0.478 e. The van der Waals surface area contributed by atoms with Crippen LogP contribution in [0.5, 0.6) is 0 Å². The molecule has 0 atom stereocenters. The highest BCUT2D eigenvalue weighted by molar-refractivity contribution is 6.99. The molecule has 0 bridgehead atoms. The van der Waals surface area contributed by atoms with Crippen LogP contribution in [0.2, 0.25) is 5.04 Å². The molecule has 3 aromatic rings. The van der Waals surface area contributed by atoms with Crippen molar-refractivity contribution in [3.63, 3.8) is 0 Å². The minimum absolute atomic E-state index is 0.0708. The second kappa shape index (κ2) is 8.76. The van der Waals surface area contributed by atoms with E-state index in [0.29, 0.717) is 18.6 Å². The molecule has 0 unspecified atom stereocenters. The van der Waals surface area contributed by atoms with Crippen molar-refractivity contribution in [1.29, 1.82) is 0 Å². The topological polar surface area (TPSA) is 46.5 Å². The Hall–Kier alpha value is -2.69. The van der Waals surface area contributed by atoms with Crippen LogP contribution < -0.4 is 10.4 Å². The Morgan fingerprint density at radius 3 is 1.90 bits per heavy atom. The Morgan fingerprint density at radius 2 is 1.41 bits per heavy atom. The van der Waals surface area contributed by atoms with Gasteiger partial charge in [-0.05, 0) is 39.5 Å². The Bertz CT molecular complexity index is 907. The average Bonchev–Trinajstić information content (AvgIpc) is 2.72. The van der Waals surface area contributed by atoms with Crippen LogP contribution in [0.15, 0.2) is 84.9 Å². The lowest BCUT2D eigenvalue weighted by Gasteiger charge is -2.43. The first-order valence-electron chi connectivity index (χ1n) is 9.92. The van der Waals surface area contributed by atoms with Gasteiger partial charge in [-0.1, -0.05) is 93.6 Å². The molecule has 0 aliphatic heterocycles. The van der Waals surface area contributed by atoms with Gasteiger partial charge in [0.25, 0.3) is 8.32 Å². The molecule has 3 nitrogen and oxygen atoms in total. The smallest absolute Gasteiger partial charge is 0.335 e. The fourth-order valence-corrected chi connectivity index (χ4v) is 8.51. The van der Waals surface area contributed by atoms with Gasteiger partial charge in [-0.3, -0.25) is 0 Å². The van der Waals surface area contributed by atoms with E-state index in [-0.39, 0.29) is 5.04 Å². The Morgan fingerprint density at radius 1 is 0.862 bits per heavy atom. The van der Waals surface area contributed by atoms with Gasteiger partial charge in [-0.2, -0.15) is 0 Å². The SMILES string of the molecule is CC(C)(C)[Si](OCCc1cccc(C(=O)O)c1)(c1ccccc1)c1ccccc1. The van der Waals surface area contributed by atoms with Crippen LogP contribution in [-0.4, -0.2) is 26.0 Å². The van der Waals surface area contributed by atoms with Crippen molar-refractivity contribution in [3.8, 4) is 0 Å². The van der Waals surface area contributed by atoms with Crippen molar-refractivity contribution in [1.82, 2.24) is 0 Å². The lowest BCUT2D eigenvalue weighted by atomic mass is 10.1. The highest BCUT2D eigenvalue weighted by atomic mass is 28.4. The van der Waals surface area contributed by atoms with E-state index in [9.17, 15) is 9.90 Å². The number of hydrogen-bond acceptors (Lipinski definition) is 2. The summed E-state index contributed by atoms with van der Waals surface area (Å²) in [6.45, 7) is 7.30. The van der Waals surface area contributed by atoms with E-state index in [2.05, 4.69) is 69.3 Å². The summed E-state index contributed by atoms with van der Waals surface area (Å²) in [7, 11) is -2.55. The number of aromatic carboxylic acids is 1. The van der Waals surface area contributed by atoms with Gasteiger partial charge in [0, 0.05) is 6.61 Å². The minimum Gasteiger partial charge on any atom is -0.478 e. The summed E-state index contributed by atoms with van der Waals surface area (Å²) in [5, 5.41) is 11.7. The average molecular weight is 405 g/mol. The van der Waals surface area contributed by atoms with E-state index in [1.165, 1.54) is 10.4 Å². The molecule has 0 spiro atoms.